The molecule has 1 heterocycles. The van der Waals surface area contributed by atoms with Gasteiger partial charge in [-0.25, -0.2) is 0 Å². The van der Waals surface area contributed by atoms with E-state index in [2.05, 4.69) is 35.8 Å². The van der Waals surface area contributed by atoms with E-state index in [-0.39, 0.29) is 5.91 Å². The predicted octanol–water partition coefficient (Wildman–Crippen LogP) is 2.81. The maximum absolute atomic E-state index is 12.1. The highest BCUT2D eigenvalue weighted by Gasteiger charge is 2.26. The van der Waals surface area contributed by atoms with E-state index in [9.17, 15) is 4.79 Å². The van der Waals surface area contributed by atoms with Crippen molar-refractivity contribution in [1.29, 1.82) is 0 Å². The Balaban J connectivity index is 1.86. The summed E-state index contributed by atoms with van der Waals surface area (Å²) in [6, 6.07) is 6.89. The zero-order valence-electron chi connectivity index (χ0n) is 12.2. The highest BCUT2D eigenvalue weighted by molar-refractivity contribution is 5.96. The van der Waals surface area contributed by atoms with Gasteiger partial charge in [-0.3, -0.25) is 4.79 Å². The topological polar surface area (TPSA) is 41.1 Å². The fourth-order valence-electron chi connectivity index (χ4n) is 3.09. The van der Waals surface area contributed by atoms with Crippen LogP contribution in [0.4, 0.5) is 0 Å². The summed E-state index contributed by atoms with van der Waals surface area (Å²) in [5, 5.41) is 6.57. The van der Waals surface area contributed by atoms with Crippen LogP contribution < -0.4 is 10.6 Å². The molecule has 1 amide bonds. The molecule has 0 spiro atoms. The Labute approximate surface area is 121 Å². The van der Waals surface area contributed by atoms with E-state index in [0.717, 1.165) is 37.4 Å². The Morgan fingerprint density at radius 2 is 2.25 bits per heavy atom. The number of hydrogen-bond donors (Lipinski definition) is 2. The van der Waals surface area contributed by atoms with Gasteiger partial charge in [0.1, 0.15) is 0 Å². The summed E-state index contributed by atoms with van der Waals surface area (Å²) in [5.41, 5.74) is 3.36. The molecule has 1 aliphatic carbocycles. The number of benzene rings is 1. The van der Waals surface area contributed by atoms with Gasteiger partial charge in [-0.2, -0.15) is 0 Å². The Morgan fingerprint density at radius 3 is 3.00 bits per heavy atom. The molecule has 2 aliphatic rings. The summed E-state index contributed by atoms with van der Waals surface area (Å²) in [5.74, 6) is 0.979. The third kappa shape index (κ3) is 3.04. The van der Waals surface area contributed by atoms with Gasteiger partial charge in [-0.05, 0) is 48.9 Å². The Kier molecular flexibility index (Phi) is 4.06. The van der Waals surface area contributed by atoms with Crippen LogP contribution in [0.25, 0.3) is 0 Å². The van der Waals surface area contributed by atoms with Gasteiger partial charge >= 0.3 is 0 Å². The normalized spacial score (nSPS) is 19.9. The number of rotatable bonds is 5. The van der Waals surface area contributed by atoms with Gasteiger partial charge in [-0.15, -0.1) is 0 Å². The first-order valence-corrected chi connectivity index (χ1v) is 7.92. The molecule has 1 fully saturated rings. The van der Waals surface area contributed by atoms with Crippen molar-refractivity contribution in [3.05, 3.63) is 34.9 Å². The summed E-state index contributed by atoms with van der Waals surface area (Å²) >= 11 is 0. The number of nitrogens with one attached hydrogen (secondary N) is 2. The SMILES string of the molecule is CCNC(CC1CC1)c1ccc2c(c1)C(=O)NCCC2. The number of aryl methyl sites for hydroxylation is 1. The molecule has 2 N–H and O–H groups in total. The van der Waals surface area contributed by atoms with Crippen LogP contribution in [0.15, 0.2) is 18.2 Å². The Hall–Kier alpha value is -1.35. The van der Waals surface area contributed by atoms with E-state index in [1.165, 1.54) is 30.4 Å². The third-order valence-electron chi connectivity index (χ3n) is 4.41. The van der Waals surface area contributed by atoms with E-state index in [4.69, 9.17) is 0 Å². The van der Waals surface area contributed by atoms with Crippen molar-refractivity contribution in [3.63, 3.8) is 0 Å². The Bertz CT molecular complexity index is 494. The predicted molar refractivity (Wildman–Crippen MR) is 80.9 cm³/mol. The fourth-order valence-corrected chi connectivity index (χ4v) is 3.09. The molecule has 1 saturated carbocycles. The van der Waals surface area contributed by atoms with E-state index < -0.39 is 0 Å². The lowest BCUT2D eigenvalue weighted by molar-refractivity contribution is 0.0956. The average molecular weight is 272 g/mol. The second kappa shape index (κ2) is 5.96. The van der Waals surface area contributed by atoms with Crippen LogP contribution in [0.3, 0.4) is 0 Å². The van der Waals surface area contributed by atoms with Crippen LogP contribution in [0.5, 0.6) is 0 Å². The monoisotopic (exact) mass is 272 g/mol. The molecule has 3 rings (SSSR count). The number of carbonyl (C=O) groups is 1. The van der Waals surface area contributed by atoms with Crippen molar-refractivity contribution in [3.8, 4) is 0 Å². The first-order valence-electron chi connectivity index (χ1n) is 7.92. The van der Waals surface area contributed by atoms with Gasteiger partial charge < -0.3 is 10.6 Å². The van der Waals surface area contributed by atoms with Crippen LogP contribution in [-0.2, 0) is 6.42 Å². The van der Waals surface area contributed by atoms with Crippen LogP contribution in [0, 0.1) is 5.92 Å². The highest BCUT2D eigenvalue weighted by Crippen LogP contribution is 2.38. The largest absolute Gasteiger partial charge is 0.352 e. The number of amides is 1. The van der Waals surface area contributed by atoms with Gasteiger partial charge in [0.2, 0.25) is 0 Å². The maximum atomic E-state index is 12.1. The lowest BCUT2D eigenvalue weighted by Gasteiger charge is -2.19. The molecular weight excluding hydrogens is 248 g/mol. The molecule has 0 aromatic heterocycles. The lowest BCUT2D eigenvalue weighted by Crippen LogP contribution is -2.24. The van der Waals surface area contributed by atoms with E-state index >= 15 is 0 Å². The maximum Gasteiger partial charge on any atom is 0.251 e. The standard InChI is InChI=1S/C17H24N2O/c1-2-18-16(10-12-5-6-12)14-8-7-13-4-3-9-19-17(20)15(13)11-14/h7-8,11-12,16,18H,2-6,9-10H2,1H3,(H,19,20). The molecule has 1 aromatic carbocycles. The van der Waals surface area contributed by atoms with Gasteiger partial charge in [0.15, 0.2) is 0 Å². The molecular formula is C17H24N2O. The molecule has 1 aromatic rings. The zero-order chi connectivity index (χ0) is 13.9. The average Bonchev–Trinajstić information content (AvgIpc) is 3.27. The zero-order valence-corrected chi connectivity index (χ0v) is 12.2. The summed E-state index contributed by atoms with van der Waals surface area (Å²) in [6.07, 6.45) is 5.98. The summed E-state index contributed by atoms with van der Waals surface area (Å²) in [4.78, 5) is 12.1. The van der Waals surface area contributed by atoms with Crippen molar-refractivity contribution < 1.29 is 4.79 Å². The van der Waals surface area contributed by atoms with E-state index in [1.807, 2.05) is 0 Å². The minimum atomic E-state index is 0.0982. The smallest absolute Gasteiger partial charge is 0.251 e. The van der Waals surface area contributed by atoms with Crippen LogP contribution in [0.2, 0.25) is 0 Å². The summed E-state index contributed by atoms with van der Waals surface area (Å²) in [6.45, 7) is 3.91. The summed E-state index contributed by atoms with van der Waals surface area (Å²) < 4.78 is 0. The molecule has 1 atom stereocenters. The number of hydrogen-bond acceptors (Lipinski definition) is 2. The first-order chi connectivity index (χ1) is 9.78. The molecule has 108 valence electrons. The second-order valence-electron chi connectivity index (χ2n) is 6.07. The van der Waals surface area contributed by atoms with Crippen molar-refractivity contribution in [2.75, 3.05) is 13.1 Å². The number of fused-ring (bicyclic) bond motifs is 1. The van der Waals surface area contributed by atoms with Crippen molar-refractivity contribution in [2.45, 2.75) is 45.1 Å². The van der Waals surface area contributed by atoms with E-state index in [0.29, 0.717) is 6.04 Å². The highest BCUT2D eigenvalue weighted by atomic mass is 16.1. The fraction of sp³-hybridized carbons (Fsp3) is 0.588. The molecule has 20 heavy (non-hydrogen) atoms. The second-order valence-corrected chi connectivity index (χ2v) is 6.07. The van der Waals surface area contributed by atoms with Gasteiger partial charge in [0.05, 0.1) is 0 Å². The van der Waals surface area contributed by atoms with Gasteiger partial charge in [-0.1, -0.05) is 31.9 Å². The van der Waals surface area contributed by atoms with Crippen molar-refractivity contribution >= 4 is 5.91 Å². The first kappa shape index (κ1) is 13.6. The van der Waals surface area contributed by atoms with Crippen LogP contribution in [0.1, 0.15) is 60.1 Å². The van der Waals surface area contributed by atoms with Gasteiger partial charge in [0, 0.05) is 18.2 Å². The molecule has 3 nitrogen and oxygen atoms in total. The molecule has 0 radical (unpaired) electrons. The van der Waals surface area contributed by atoms with Gasteiger partial charge in [0.25, 0.3) is 5.91 Å². The van der Waals surface area contributed by atoms with E-state index in [1.54, 1.807) is 0 Å². The molecule has 3 heteroatoms. The molecule has 0 bridgehead atoms. The molecule has 1 aliphatic heterocycles. The van der Waals surface area contributed by atoms with Crippen LogP contribution >= 0.6 is 0 Å². The quantitative estimate of drug-likeness (QED) is 0.865. The minimum absolute atomic E-state index is 0.0982. The molecule has 0 saturated heterocycles. The third-order valence-corrected chi connectivity index (χ3v) is 4.41. The molecule has 1 unspecified atom stereocenters. The number of carbonyl (C=O) groups excluding carboxylic acids is 1. The minimum Gasteiger partial charge on any atom is -0.352 e. The van der Waals surface area contributed by atoms with Crippen molar-refractivity contribution in [1.82, 2.24) is 10.6 Å². The Morgan fingerprint density at radius 1 is 1.40 bits per heavy atom. The van der Waals surface area contributed by atoms with Crippen molar-refractivity contribution in [2.24, 2.45) is 5.92 Å². The summed E-state index contributed by atoms with van der Waals surface area (Å²) in [7, 11) is 0. The van der Waals surface area contributed by atoms with Crippen LogP contribution in [-0.4, -0.2) is 19.0 Å². The lowest BCUT2D eigenvalue weighted by atomic mass is 9.95.